The van der Waals surface area contributed by atoms with Gasteiger partial charge >= 0.3 is 0 Å². The number of benzene rings is 1. The summed E-state index contributed by atoms with van der Waals surface area (Å²) in [4.78, 5) is 20.0. The molecule has 0 aliphatic carbocycles. The summed E-state index contributed by atoms with van der Waals surface area (Å²) in [5.41, 5.74) is 1.70. The van der Waals surface area contributed by atoms with Crippen molar-refractivity contribution < 1.29 is 0 Å². The molecule has 0 fully saturated rings. The van der Waals surface area contributed by atoms with E-state index in [2.05, 4.69) is 6.07 Å². The predicted octanol–water partition coefficient (Wildman–Crippen LogP) is 5.81. The Balaban J connectivity index is 1.94. The number of fused-ring (bicyclic) bond motifs is 1. The highest BCUT2D eigenvalue weighted by molar-refractivity contribution is 7.18. The van der Waals surface area contributed by atoms with Crippen LogP contribution in [0.4, 0.5) is 0 Å². The van der Waals surface area contributed by atoms with Gasteiger partial charge < -0.3 is 0 Å². The minimum absolute atomic E-state index is 0.0625. The number of unbranched alkanes of at least 4 members (excludes halogenated alkanes) is 1. The molecule has 0 radical (unpaired) electrons. The molecule has 134 valence electrons. The fourth-order valence-electron chi connectivity index (χ4n) is 2.98. The molecule has 0 aliphatic heterocycles. The van der Waals surface area contributed by atoms with Crippen molar-refractivity contribution >= 4 is 44.5 Å². The summed E-state index contributed by atoms with van der Waals surface area (Å²) in [6, 6.07) is 13.4. The highest BCUT2D eigenvalue weighted by Crippen LogP contribution is 2.34. The van der Waals surface area contributed by atoms with Gasteiger partial charge in [0.2, 0.25) is 0 Å². The van der Waals surface area contributed by atoms with Gasteiger partial charge in [0.05, 0.1) is 11.5 Å². The highest BCUT2D eigenvalue weighted by atomic mass is 35.5. The van der Waals surface area contributed by atoms with E-state index in [0.717, 1.165) is 20.8 Å². The van der Waals surface area contributed by atoms with E-state index in [9.17, 15) is 4.79 Å². The van der Waals surface area contributed by atoms with Gasteiger partial charge in [0, 0.05) is 39.4 Å². The predicted molar refractivity (Wildman–Crippen MR) is 112 cm³/mol. The first kappa shape index (κ1) is 17.9. The number of thiophene rings is 2. The number of halogens is 1. The molecule has 0 amide bonds. The van der Waals surface area contributed by atoms with Gasteiger partial charge in [0.25, 0.3) is 5.56 Å². The van der Waals surface area contributed by atoms with E-state index in [1.165, 1.54) is 11.3 Å². The number of hydrogen-bond acceptors (Lipinski definition) is 5. The van der Waals surface area contributed by atoms with Crippen LogP contribution in [0.3, 0.4) is 0 Å². The van der Waals surface area contributed by atoms with Crippen LogP contribution in [0.25, 0.3) is 32.0 Å². The van der Waals surface area contributed by atoms with Gasteiger partial charge in [0.15, 0.2) is 0 Å². The molecule has 0 N–H and O–H groups in total. The van der Waals surface area contributed by atoms with Crippen molar-refractivity contribution in [3.8, 4) is 27.9 Å². The lowest BCUT2D eigenvalue weighted by Gasteiger charge is -2.12. The molecule has 0 bridgehead atoms. The zero-order valence-corrected chi connectivity index (χ0v) is 16.6. The van der Waals surface area contributed by atoms with E-state index in [1.54, 1.807) is 28.0 Å². The van der Waals surface area contributed by atoms with Gasteiger partial charge in [-0.15, -0.1) is 22.7 Å². The van der Waals surface area contributed by atoms with Crippen molar-refractivity contribution in [1.29, 1.82) is 5.26 Å². The average molecular weight is 412 g/mol. The van der Waals surface area contributed by atoms with Crippen molar-refractivity contribution in [1.82, 2.24) is 9.55 Å². The van der Waals surface area contributed by atoms with Gasteiger partial charge in [-0.05, 0) is 42.1 Å². The van der Waals surface area contributed by atoms with Crippen LogP contribution in [0, 0.1) is 11.3 Å². The molecule has 0 aliphatic rings. The number of rotatable bonds is 5. The molecule has 3 aromatic heterocycles. The van der Waals surface area contributed by atoms with Gasteiger partial charge in [-0.1, -0.05) is 17.7 Å². The van der Waals surface area contributed by atoms with E-state index in [1.807, 2.05) is 35.0 Å². The first-order valence-corrected chi connectivity index (χ1v) is 10.5. The van der Waals surface area contributed by atoms with Crippen molar-refractivity contribution in [2.24, 2.45) is 0 Å². The molecule has 0 unspecified atom stereocenters. The largest absolute Gasteiger partial charge is 0.292 e. The summed E-state index contributed by atoms with van der Waals surface area (Å²) in [6.45, 7) is 0.451. The summed E-state index contributed by atoms with van der Waals surface area (Å²) in [5, 5.41) is 14.2. The summed E-state index contributed by atoms with van der Waals surface area (Å²) >= 11 is 9.09. The molecule has 27 heavy (non-hydrogen) atoms. The third-order valence-electron chi connectivity index (χ3n) is 4.25. The lowest BCUT2D eigenvalue weighted by Crippen LogP contribution is -2.23. The van der Waals surface area contributed by atoms with Crippen LogP contribution in [-0.4, -0.2) is 9.55 Å². The first-order chi connectivity index (χ1) is 13.2. The Hall–Kier alpha value is -2.46. The van der Waals surface area contributed by atoms with Crippen molar-refractivity contribution in [2.45, 2.75) is 19.4 Å². The smallest absolute Gasteiger partial charge is 0.263 e. The summed E-state index contributed by atoms with van der Waals surface area (Å²) in [6.07, 6.45) is 0.995. The second-order valence-corrected chi connectivity index (χ2v) is 8.21. The Morgan fingerprint density at radius 3 is 2.70 bits per heavy atom. The molecule has 0 spiro atoms. The fourth-order valence-corrected chi connectivity index (χ4v) is 4.86. The Labute approximate surface area is 168 Å². The Kier molecular flexibility index (Phi) is 5.08. The molecule has 4 nitrogen and oxygen atoms in total. The zero-order chi connectivity index (χ0) is 18.8. The third kappa shape index (κ3) is 3.42. The quantitative estimate of drug-likeness (QED) is 0.389. The topological polar surface area (TPSA) is 58.7 Å². The van der Waals surface area contributed by atoms with E-state index in [4.69, 9.17) is 21.8 Å². The minimum Gasteiger partial charge on any atom is -0.292 e. The average Bonchev–Trinajstić information content (AvgIpc) is 3.33. The first-order valence-electron chi connectivity index (χ1n) is 8.38. The van der Waals surface area contributed by atoms with Gasteiger partial charge in [-0.2, -0.15) is 5.26 Å². The second-order valence-electron chi connectivity index (χ2n) is 5.97. The standard InChI is InChI=1S/C20H14ClN3OS2/c21-14-7-5-13(6-8-14)18-23-19-17(20(25)24(18)10-2-1-9-22)15(12-27-19)16-4-3-11-26-16/h3-8,11-12H,1-2,10H2. The van der Waals surface area contributed by atoms with Crippen molar-refractivity contribution in [3.63, 3.8) is 0 Å². The van der Waals surface area contributed by atoms with Crippen molar-refractivity contribution in [3.05, 3.63) is 62.5 Å². The Bertz CT molecular complexity index is 1190. The Morgan fingerprint density at radius 2 is 2.00 bits per heavy atom. The van der Waals surface area contributed by atoms with Gasteiger partial charge in [-0.3, -0.25) is 9.36 Å². The van der Waals surface area contributed by atoms with E-state index < -0.39 is 0 Å². The van der Waals surface area contributed by atoms with E-state index >= 15 is 0 Å². The maximum Gasteiger partial charge on any atom is 0.263 e. The monoisotopic (exact) mass is 411 g/mol. The summed E-state index contributed by atoms with van der Waals surface area (Å²) < 4.78 is 1.69. The van der Waals surface area contributed by atoms with Gasteiger partial charge in [-0.25, -0.2) is 4.98 Å². The molecule has 7 heteroatoms. The maximum atomic E-state index is 13.4. The highest BCUT2D eigenvalue weighted by Gasteiger charge is 2.18. The van der Waals surface area contributed by atoms with Crippen LogP contribution in [0.15, 0.2) is 52.0 Å². The van der Waals surface area contributed by atoms with Crippen LogP contribution in [-0.2, 0) is 6.54 Å². The minimum atomic E-state index is -0.0625. The molecule has 1 aromatic carbocycles. The van der Waals surface area contributed by atoms with Gasteiger partial charge in [0.1, 0.15) is 10.7 Å². The van der Waals surface area contributed by atoms with Crippen molar-refractivity contribution in [2.75, 3.05) is 0 Å². The van der Waals surface area contributed by atoms with Crippen LogP contribution in [0.1, 0.15) is 12.8 Å². The molecule has 4 aromatic rings. The third-order valence-corrected chi connectivity index (χ3v) is 6.28. The lowest BCUT2D eigenvalue weighted by molar-refractivity contribution is 0.634. The Morgan fingerprint density at radius 1 is 1.19 bits per heavy atom. The summed E-state index contributed by atoms with van der Waals surface area (Å²) in [5.74, 6) is 0.613. The van der Waals surface area contributed by atoms with E-state index in [0.29, 0.717) is 35.6 Å². The maximum absolute atomic E-state index is 13.4. The second kappa shape index (κ2) is 7.65. The number of hydrogen-bond donors (Lipinski definition) is 0. The molecule has 0 saturated heterocycles. The SMILES string of the molecule is N#CCCCn1c(-c2ccc(Cl)cc2)nc2scc(-c3cccs3)c2c1=O. The molecular formula is C20H14ClN3OS2. The zero-order valence-electron chi connectivity index (χ0n) is 14.2. The van der Waals surface area contributed by atoms with Crippen LogP contribution >= 0.6 is 34.3 Å². The van der Waals surface area contributed by atoms with Crippen LogP contribution < -0.4 is 5.56 Å². The van der Waals surface area contributed by atoms with Crippen LogP contribution in [0.2, 0.25) is 5.02 Å². The molecule has 0 saturated carbocycles. The number of nitrogens with zero attached hydrogens (tertiary/aromatic N) is 3. The number of nitriles is 1. The lowest BCUT2D eigenvalue weighted by atomic mass is 10.1. The fraction of sp³-hybridized carbons (Fsp3) is 0.150. The molecular weight excluding hydrogens is 398 g/mol. The normalized spacial score (nSPS) is 11.0. The number of aromatic nitrogens is 2. The molecule has 0 atom stereocenters. The molecule has 3 heterocycles. The van der Waals surface area contributed by atoms with Crippen LogP contribution in [0.5, 0.6) is 0 Å². The van der Waals surface area contributed by atoms with E-state index in [-0.39, 0.29) is 5.56 Å². The molecule has 4 rings (SSSR count). The summed E-state index contributed by atoms with van der Waals surface area (Å²) in [7, 11) is 0.